The van der Waals surface area contributed by atoms with E-state index in [1.165, 1.54) is 0 Å². The first-order valence-electron chi connectivity index (χ1n) is 6.33. The molecule has 2 rings (SSSR count). The van der Waals surface area contributed by atoms with Crippen LogP contribution in [0.25, 0.3) is 0 Å². The highest BCUT2D eigenvalue weighted by atomic mass is 15.4. The molecule has 6 heteroatoms. The Morgan fingerprint density at radius 2 is 2.11 bits per heavy atom. The fourth-order valence-corrected chi connectivity index (χ4v) is 1.79. The Hall–Kier alpha value is -1.69. The lowest BCUT2D eigenvalue weighted by atomic mass is 10.3. The molecule has 0 unspecified atom stereocenters. The Bertz CT molecular complexity index is 498. The molecule has 0 fully saturated rings. The largest absolute Gasteiger partial charge is 0.310 e. The zero-order valence-electron chi connectivity index (χ0n) is 11.2. The second-order valence-electron chi connectivity index (χ2n) is 4.24. The molecule has 0 aliphatic carbocycles. The monoisotopic (exact) mass is 248 g/mol. The van der Waals surface area contributed by atoms with Crippen LogP contribution < -0.4 is 5.32 Å². The predicted molar refractivity (Wildman–Crippen MR) is 69.1 cm³/mol. The van der Waals surface area contributed by atoms with E-state index in [0.717, 1.165) is 36.7 Å². The van der Waals surface area contributed by atoms with Crippen molar-refractivity contribution >= 4 is 0 Å². The van der Waals surface area contributed by atoms with Crippen molar-refractivity contribution in [3.63, 3.8) is 0 Å². The maximum absolute atomic E-state index is 4.42. The van der Waals surface area contributed by atoms with Gasteiger partial charge in [0, 0.05) is 7.05 Å². The van der Waals surface area contributed by atoms with Crippen molar-refractivity contribution in [1.82, 2.24) is 29.9 Å². The summed E-state index contributed by atoms with van der Waals surface area (Å²) in [5, 5.41) is 12.1. The highest BCUT2D eigenvalue weighted by molar-refractivity contribution is 5.10. The summed E-state index contributed by atoms with van der Waals surface area (Å²) < 4.78 is 3.76. The molecule has 0 aliphatic rings. The molecule has 0 saturated heterocycles. The third kappa shape index (κ3) is 2.95. The van der Waals surface area contributed by atoms with Crippen LogP contribution in [0.4, 0.5) is 0 Å². The van der Waals surface area contributed by atoms with Gasteiger partial charge in [0.2, 0.25) is 0 Å². The summed E-state index contributed by atoms with van der Waals surface area (Å²) in [6, 6.07) is 2.12. The maximum Gasteiger partial charge on any atom is 0.164 e. The molecule has 0 spiro atoms. The van der Waals surface area contributed by atoms with E-state index in [9.17, 15) is 0 Å². The van der Waals surface area contributed by atoms with Crippen LogP contribution in [-0.2, 0) is 26.6 Å². The molecule has 1 N–H and O–H groups in total. The minimum Gasteiger partial charge on any atom is -0.310 e. The van der Waals surface area contributed by atoms with Crippen molar-refractivity contribution in [2.24, 2.45) is 7.05 Å². The van der Waals surface area contributed by atoms with Gasteiger partial charge in [-0.25, -0.2) is 9.67 Å². The molecule has 0 amide bonds. The molecule has 2 aromatic heterocycles. The summed E-state index contributed by atoms with van der Waals surface area (Å²) in [5.74, 6) is 0.828. The zero-order valence-corrected chi connectivity index (χ0v) is 11.2. The maximum atomic E-state index is 4.42. The van der Waals surface area contributed by atoms with Crippen LogP contribution in [0, 0.1) is 0 Å². The van der Waals surface area contributed by atoms with Crippen LogP contribution in [-0.4, -0.2) is 31.1 Å². The molecule has 0 aromatic carbocycles. The van der Waals surface area contributed by atoms with Gasteiger partial charge in [-0.1, -0.05) is 13.8 Å². The summed E-state index contributed by atoms with van der Waals surface area (Å²) in [6.45, 7) is 6.53. The Morgan fingerprint density at radius 1 is 1.28 bits per heavy atom. The van der Waals surface area contributed by atoms with Crippen molar-refractivity contribution < 1.29 is 0 Å². The first kappa shape index (κ1) is 12.8. The highest BCUT2D eigenvalue weighted by Crippen LogP contribution is 2.05. The minimum absolute atomic E-state index is 0.711. The van der Waals surface area contributed by atoms with Gasteiger partial charge in [0.05, 0.1) is 24.5 Å². The van der Waals surface area contributed by atoms with E-state index in [1.54, 1.807) is 6.33 Å². The van der Waals surface area contributed by atoms with Gasteiger partial charge >= 0.3 is 0 Å². The quantitative estimate of drug-likeness (QED) is 0.819. The number of nitrogens with zero attached hydrogens (tertiary/aromatic N) is 5. The number of hydrogen-bond donors (Lipinski definition) is 1. The molecule has 0 aliphatic heterocycles. The van der Waals surface area contributed by atoms with Gasteiger partial charge in [-0.05, 0) is 19.0 Å². The van der Waals surface area contributed by atoms with Crippen LogP contribution >= 0.6 is 0 Å². The van der Waals surface area contributed by atoms with E-state index < -0.39 is 0 Å². The van der Waals surface area contributed by atoms with Crippen molar-refractivity contribution in [3.05, 3.63) is 29.6 Å². The molecule has 98 valence electrons. The van der Waals surface area contributed by atoms with Crippen LogP contribution in [0.2, 0.25) is 0 Å². The van der Waals surface area contributed by atoms with Crippen molar-refractivity contribution in [1.29, 1.82) is 0 Å². The number of nitrogens with one attached hydrogen (secondary N) is 1. The van der Waals surface area contributed by atoms with Gasteiger partial charge in [-0.3, -0.25) is 4.68 Å². The molecule has 0 radical (unpaired) electrons. The van der Waals surface area contributed by atoms with Crippen molar-refractivity contribution in [2.75, 3.05) is 6.54 Å². The fourth-order valence-electron chi connectivity index (χ4n) is 1.79. The summed E-state index contributed by atoms with van der Waals surface area (Å²) in [7, 11) is 1.96. The van der Waals surface area contributed by atoms with Gasteiger partial charge in [0.1, 0.15) is 6.33 Å². The molecule has 0 atom stereocenters. The highest BCUT2D eigenvalue weighted by Gasteiger charge is 2.06. The normalized spacial score (nSPS) is 11.1. The fraction of sp³-hybridized carbons (Fsp3) is 0.583. The van der Waals surface area contributed by atoms with Gasteiger partial charge in [0.25, 0.3) is 0 Å². The average Bonchev–Trinajstić information content (AvgIpc) is 2.95. The summed E-state index contributed by atoms with van der Waals surface area (Å²) in [4.78, 5) is 4.27. The van der Waals surface area contributed by atoms with Crippen LogP contribution in [0.3, 0.4) is 0 Å². The van der Waals surface area contributed by atoms with E-state index in [-0.39, 0.29) is 0 Å². The van der Waals surface area contributed by atoms with Crippen LogP contribution in [0.1, 0.15) is 31.1 Å². The molecule has 0 saturated carbocycles. The Balaban J connectivity index is 2.04. The van der Waals surface area contributed by atoms with E-state index in [4.69, 9.17) is 0 Å². The Labute approximate surface area is 107 Å². The second-order valence-corrected chi connectivity index (χ2v) is 4.24. The zero-order chi connectivity index (χ0) is 13.0. The second kappa shape index (κ2) is 5.77. The third-order valence-corrected chi connectivity index (χ3v) is 2.83. The number of aromatic nitrogens is 5. The van der Waals surface area contributed by atoms with E-state index in [2.05, 4.69) is 40.4 Å². The standard InChI is InChI=1S/C12H20N6/c1-4-10-6-11(17(3)15-10)8-18-9-14-12(16-18)7-13-5-2/h6,9,13H,4-5,7-8H2,1-3H3. The predicted octanol–water partition coefficient (Wildman–Crippen LogP) is 0.732. The smallest absolute Gasteiger partial charge is 0.164 e. The summed E-state index contributed by atoms with van der Waals surface area (Å²) in [6.07, 6.45) is 2.72. The van der Waals surface area contributed by atoms with E-state index in [0.29, 0.717) is 6.54 Å². The Morgan fingerprint density at radius 3 is 2.78 bits per heavy atom. The molecular weight excluding hydrogens is 228 g/mol. The minimum atomic E-state index is 0.711. The first-order chi connectivity index (χ1) is 8.72. The first-order valence-corrected chi connectivity index (χ1v) is 6.33. The number of rotatable bonds is 6. The van der Waals surface area contributed by atoms with Gasteiger partial charge < -0.3 is 5.32 Å². The molecule has 2 heterocycles. The van der Waals surface area contributed by atoms with Gasteiger partial charge in [0.15, 0.2) is 5.82 Å². The topological polar surface area (TPSA) is 60.6 Å². The van der Waals surface area contributed by atoms with Gasteiger partial charge in [-0.2, -0.15) is 10.2 Å². The summed E-state index contributed by atoms with van der Waals surface area (Å²) >= 11 is 0. The third-order valence-electron chi connectivity index (χ3n) is 2.83. The lowest BCUT2D eigenvalue weighted by Gasteiger charge is -2.01. The Kier molecular flexibility index (Phi) is 4.09. The summed E-state index contributed by atoms with van der Waals surface area (Å²) in [5.41, 5.74) is 2.26. The number of aryl methyl sites for hydroxylation is 2. The van der Waals surface area contributed by atoms with Crippen molar-refractivity contribution in [3.8, 4) is 0 Å². The van der Waals surface area contributed by atoms with E-state index >= 15 is 0 Å². The molecular formula is C12H20N6. The van der Waals surface area contributed by atoms with Crippen molar-refractivity contribution in [2.45, 2.75) is 33.4 Å². The molecule has 18 heavy (non-hydrogen) atoms. The van der Waals surface area contributed by atoms with Crippen LogP contribution in [0.15, 0.2) is 12.4 Å². The number of hydrogen-bond acceptors (Lipinski definition) is 4. The molecule has 2 aromatic rings. The molecule has 0 bridgehead atoms. The molecule has 6 nitrogen and oxygen atoms in total. The lowest BCUT2D eigenvalue weighted by molar-refractivity contribution is 0.602. The van der Waals surface area contributed by atoms with Crippen LogP contribution in [0.5, 0.6) is 0 Å². The van der Waals surface area contributed by atoms with E-state index in [1.807, 2.05) is 16.4 Å². The lowest BCUT2D eigenvalue weighted by Crippen LogP contribution is -2.13. The van der Waals surface area contributed by atoms with Gasteiger partial charge in [-0.15, -0.1) is 0 Å². The average molecular weight is 248 g/mol. The SMILES string of the molecule is CCNCc1ncn(Cc2cc(CC)nn2C)n1.